The molecule has 3 unspecified atom stereocenters. The Hall–Kier alpha value is -0.730. The van der Waals surface area contributed by atoms with Gasteiger partial charge in [0.1, 0.15) is 0 Å². The molecule has 19 heavy (non-hydrogen) atoms. The molecular weight excluding hydrogens is 258 g/mol. The summed E-state index contributed by atoms with van der Waals surface area (Å²) >= 11 is 6.31. The van der Waals surface area contributed by atoms with Crippen molar-refractivity contribution in [2.24, 2.45) is 17.8 Å². The van der Waals surface area contributed by atoms with E-state index in [0.717, 1.165) is 40.6 Å². The predicted octanol–water partition coefficient (Wildman–Crippen LogP) is 3.70. The third-order valence-electron chi connectivity index (χ3n) is 5.00. The molecule has 2 aliphatic carbocycles. The molecule has 104 valence electrons. The minimum Gasteiger partial charge on any atom is -0.392 e. The van der Waals surface area contributed by atoms with E-state index in [1.165, 1.54) is 25.7 Å². The van der Waals surface area contributed by atoms with Gasteiger partial charge in [-0.15, -0.1) is 0 Å². The lowest BCUT2D eigenvalue weighted by Gasteiger charge is -2.29. The van der Waals surface area contributed by atoms with Crippen molar-refractivity contribution in [1.82, 2.24) is 0 Å². The van der Waals surface area contributed by atoms with Gasteiger partial charge in [-0.05, 0) is 54.7 Å². The summed E-state index contributed by atoms with van der Waals surface area (Å²) in [5, 5.41) is 9.87. The molecule has 2 aliphatic rings. The zero-order valence-corrected chi connectivity index (χ0v) is 12.2. The number of nitrogens with zero attached hydrogens (tertiary/aromatic N) is 1. The van der Waals surface area contributed by atoms with E-state index in [2.05, 4.69) is 11.9 Å². The van der Waals surface area contributed by atoms with Gasteiger partial charge in [0.25, 0.3) is 0 Å². The van der Waals surface area contributed by atoms with Crippen LogP contribution in [0, 0.1) is 17.8 Å². The fourth-order valence-electron chi connectivity index (χ4n) is 4.01. The largest absolute Gasteiger partial charge is 0.392 e. The molecule has 1 N–H and O–H groups in total. The van der Waals surface area contributed by atoms with Gasteiger partial charge in [-0.3, -0.25) is 0 Å². The highest BCUT2D eigenvalue weighted by atomic mass is 35.5. The molecule has 2 fully saturated rings. The minimum atomic E-state index is 0.0517. The van der Waals surface area contributed by atoms with Crippen molar-refractivity contribution in [2.45, 2.75) is 32.3 Å². The number of halogens is 1. The van der Waals surface area contributed by atoms with E-state index >= 15 is 0 Å². The van der Waals surface area contributed by atoms with E-state index in [0.29, 0.717) is 0 Å². The Morgan fingerprint density at radius 2 is 2.16 bits per heavy atom. The Kier molecular flexibility index (Phi) is 3.72. The third kappa shape index (κ3) is 2.61. The average molecular weight is 280 g/mol. The maximum atomic E-state index is 9.12. The number of hydrogen-bond donors (Lipinski definition) is 1. The van der Waals surface area contributed by atoms with E-state index in [1.54, 1.807) is 0 Å². The number of benzene rings is 1. The lowest BCUT2D eigenvalue weighted by Crippen LogP contribution is -2.28. The van der Waals surface area contributed by atoms with E-state index in [1.807, 2.05) is 18.2 Å². The summed E-state index contributed by atoms with van der Waals surface area (Å²) in [7, 11) is 2.13. The molecule has 3 rings (SSSR count). The number of aliphatic hydroxyl groups excluding tert-OH is 1. The molecule has 2 saturated carbocycles. The molecule has 1 aromatic carbocycles. The highest BCUT2D eigenvalue weighted by Gasteiger charge is 2.39. The van der Waals surface area contributed by atoms with Crippen molar-refractivity contribution in [2.75, 3.05) is 18.5 Å². The summed E-state index contributed by atoms with van der Waals surface area (Å²) < 4.78 is 0. The van der Waals surface area contributed by atoms with E-state index in [-0.39, 0.29) is 6.61 Å². The first-order chi connectivity index (χ1) is 9.17. The normalized spacial score (nSPS) is 28.9. The number of rotatable bonds is 4. The van der Waals surface area contributed by atoms with Gasteiger partial charge in [-0.1, -0.05) is 24.1 Å². The van der Waals surface area contributed by atoms with Crippen LogP contribution in [0.5, 0.6) is 0 Å². The van der Waals surface area contributed by atoms with Crippen LogP contribution in [0.4, 0.5) is 5.69 Å². The fourth-order valence-corrected chi connectivity index (χ4v) is 4.36. The molecule has 0 amide bonds. The van der Waals surface area contributed by atoms with Gasteiger partial charge in [-0.2, -0.15) is 0 Å². The molecule has 2 nitrogen and oxygen atoms in total. The van der Waals surface area contributed by atoms with Crippen LogP contribution in [0.1, 0.15) is 31.2 Å². The average Bonchev–Trinajstić information content (AvgIpc) is 3.00. The van der Waals surface area contributed by atoms with Gasteiger partial charge < -0.3 is 10.0 Å². The Labute approximate surface area is 120 Å². The first-order valence-electron chi connectivity index (χ1n) is 7.27. The summed E-state index contributed by atoms with van der Waals surface area (Å²) in [5.41, 5.74) is 1.96. The highest BCUT2D eigenvalue weighted by Crippen LogP contribution is 2.48. The van der Waals surface area contributed by atoms with Crippen molar-refractivity contribution in [1.29, 1.82) is 0 Å². The van der Waals surface area contributed by atoms with Crippen molar-refractivity contribution < 1.29 is 5.11 Å². The Morgan fingerprint density at radius 1 is 1.32 bits per heavy atom. The van der Waals surface area contributed by atoms with Gasteiger partial charge in [-0.25, -0.2) is 0 Å². The van der Waals surface area contributed by atoms with Crippen LogP contribution in [0.15, 0.2) is 18.2 Å². The summed E-state index contributed by atoms with van der Waals surface area (Å²) in [6.07, 6.45) is 5.74. The summed E-state index contributed by atoms with van der Waals surface area (Å²) in [6.45, 7) is 1.16. The van der Waals surface area contributed by atoms with E-state index in [9.17, 15) is 0 Å². The van der Waals surface area contributed by atoms with Gasteiger partial charge in [0, 0.05) is 13.6 Å². The topological polar surface area (TPSA) is 23.5 Å². The van der Waals surface area contributed by atoms with Gasteiger partial charge >= 0.3 is 0 Å². The Morgan fingerprint density at radius 3 is 2.74 bits per heavy atom. The fraction of sp³-hybridized carbons (Fsp3) is 0.625. The Bertz CT molecular complexity index is 462. The highest BCUT2D eigenvalue weighted by molar-refractivity contribution is 6.33. The predicted molar refractivity (Wildman–Crippen MR) is 79.6 cm³/mol. The van der Waals surface area contributed by atoms with Crippen LogP contribution < -0.4 is 4.90 Å². The molecule has 3 heteroatoms. The molecule has 3 atom stereocenters. The number of fused-ring (bicyclic) bond motifs is 2. The van der Waals surface area contributed by atoms with Crippen molar-refractivity contribution >= 4 is 17.3 Å². The number of aliphatic hydroxyl groups is 1. The van der Waals surface area contributed by atoms with E-state index < -0.39 is 0 Å². The SMILES string of the molecule is CN(CC1CC2CCC1C2)c1ccc(CO)cc1Cl. The standard InChI is InChI=1S/C16H22ClNO/c1-18(9-14-7-11-2-4-13(14)6-11)16-5-3-12(10-19)8-15(16)17/h3,5,8,11,13-14,19H,2,4,6-7,9-10H2,1H3. The van der Waals surface area contributed by atoms with Crippen molar-refractivity contribution in [3.8, 4) is 0 Å². The first-order valence-corrected chi connectivity index (χ1v) is 7.65. The molecule has 0 aromatic heterocycles. The second-order valence-electron chi connectivity index (χ2n) is 6.26. The Balaban J connectivity index is 1.68. The second kappa shape index (κ2) is 5.34. The summed E-state index contributed by atoms with van der Waals surface area (Å²) in [4.78, 5) is 2.29. The van der Waals surface area contributed by atoms with Crippen LogP contribution in [0.2, 0.25) is 5.02 Å². The van der Waals surface area contributed by atoms with Crippen LogP contribution in [-0.2, 0) is 6.61 Å². The smallest absolute Gasteiger partial charge is 0.0682 e. The maximum absolute atomic E-state index is 9.12. The number of anilines is 1. The molecular formula is C16H22ClNO. The monoisotopic (exact) mass is 279 g/mol. The van der Waals surface area contributed by atoms with Crippen molar-refractivity contribution in [3.05, 3.63) is 28.8 Å². The van der Waals surface area contributed by atoms with Crippen LogP contribution in [-0.4, -0.2) is 18.7 Å². The molecule has 0 aliphatic heterocycles. The van der Waals surface area contributed by atoms with Crippen LogP contribution in [0.3, 0.4) is 0 Å². The zero-order chi connectivity index (χ0) is 13.4. The van der Waals surface area contributed by atoms with E-state index in [4.69, 9.17) is 16.7 Å². The van der Waals surface area contributed by atoms with Gasteiger partial charge in [0.05, 0.1) is 17.3 Å². The second-order valence-corrected chi connectivity index (χ2v) is 6.67. The third-order valence-corrected chi connectivity index (χ3v) is 5.30. The summed E-state index contributed by atoms with van der Waals surface area (Å²) in [6, 6.07) is 5.85. The minimum absolute atomic E-state index is 0.0517. The molecule has 1 aromatic rings. The van der Waals surface area contributed by atoms with Crippen LogP contribution in [0.25, 0.3) is 0 Å². The molecule has 0 radical (unpaired) electrons. The molecule has 0 spiro atoms. The van der Waals surface area contributed by atoms with Crippen molar-refractivity contribution in [3.63, 3.8) is 0 Å². The lowest BCUT2D eigenvalue weighted by molar-refractivity contribution is 0.282. The lowest BCUT2D eigenvalue weighted by atomic mass is 9.88. The molecule has 0 saturated heterocycles. The molecule has 0 heterocycles. The quantitative estimate of drug-likeness (QED) is 0.908. The van der Waals surface area contributed by atoms with Crippen LogP contribution >= 0.6 is 11.6 Å². The van der Waals surface area contributed by atoms with Gasteiger partial charge in [0.2, 0.25) is 0 Å². The maximum Gasteiger partial charge on any atom is 0.0682 e. The zero-order valence-electron chi connectivity index (χ0n) is 11.5. The van der Waals surface area contributed by atoms with Gasteiger partial charge in [0.15, 0.2) is 0 Å². The first kappa shape index (κ1) is 13.3. The summed E-state index contributed by atoms with van der Waals surface area (Å²) in [5.74, 6) is 2.79. The molecule has 2 bridgehead atoms. The number of hydrogen-bond acceptors (Lipinski definition) is 2.